The minimum atomic E-state index is -0.771. The van der Waals surface area contributed by atoms with Crippen LogP contribution in [-0.4, -0.2) is 35.3 Å². The number of nitrogen functional groups attached to an aromatic ring is 1. The van der Waals surface area contributed by atoms with E-state index in [1.807, 2.05) is 0 Å². The number of nitrogens with zero attached hydrogens (tertiary/aromatic N) is 1. The van der Waals surface area contributed by atoms with Crippen molar-refractivity contribution >= 4 is 29.4 Å². The summed E-state index contributed by atoms with van der Waals surface area (Å²) in [6.07, 6.45) is 1.96. The minimum absolute atomic E-state index is 0.194. The molecule has 0 aliphatic rings. The van der Waals surface area contributed by atoms with Gasteiger partial charge in [0.15, 0.2) is 0 Å². The number of carboxylic acids is 1. The van der Waals surface area contributed by atoms with Crippen LogP contribution in [0.15, 0.2) is 12.1 Å². The molecule has 0 aliphatic heterocycles. The maximum atomic E-state index is 11.3. The first-order valence-electron chi connectivity index (χ1n) is 7.19. The van der Waals surface area contributed by atoms with Gasteiger partial charge in [0.2, 0.25) is 0 Å². The molecule has 8 nitrogen and oxygen atoms in total. The summed E-state index contributed by atoms with van der Waals surface area (Å²) in [5.74, 6) is 0.0289. The van der Waals surface area contributed by atoms with Gasteiger partial charge in [0.1, 0.15) is 11.6 Å². The largest absolute Gasteiger partial charge is 0.481 e. The zero-order valence-corrected chi connectivity index (χ0v) is 12.6. The summed E-state index contributed by atoms with van der Waals surface area (Å²) in [6, 6.07) is 3.35. The van der Waals surface area contributed by atoms with Crippen molar-refractivity contribution in [1.82, 2.24) is 4.98 Å². The summed E-state index contributed by atoms with van der Waals surface area (Å²) in [5, 5.41) is 14.1. The Labute approximate surface area is 129 Å². The third-order valence-electron chi connectivity index (χ3n) is 2.81. The van der Waals surface area contributed by atoms with Crippen LogP contribution >= 0.6 is 0 Å². The van der Waals surface area contributed by atoms with Crippen molar-refractivity contribution < 1.29 is 19.4 Å². The minimum Gasteiger partial charge on any atom is -0.481 e. The Kier molecular flexibility index (Phi) is 7.52. The van der Waals surface area contributed by atoms with Crippen molar-refractivity contribution in [1.29, 1.82) is 0 Å². The topological polar surface area (TPSA) is 127 Å². The van der Waals surface area contributed by atoms with Gasteiger partial charge in [-0.15, -0.1) is 0 Å². The van der Waals surface area contributed by atoms with Crippen LogP contribution in [-0.2, 0) is 9.53 Å². The number of nitrogens with one attached hydrogen (secondary N) is 2. The average molecular weight is 310 g/mol. The lowest BCUT2D eigenvalue weighted by molar-refractivity contribution is -0.137. The van der Waals surface area contributed by atoms with Gasteiger partial charge in [-0.2, -0.15) is 0 Å². The highest BCUT2D eigenvalue weighted by Gasteiger charge is 2.07. The molecule has 1 aromatic rings. The van der Waals surface area contributed by atoms with Crippen LogP contribution in [0.3, 0.4) is 0 Å². The van der Waals surface area contributed by atoms with Gasteiger partial charge >= 0.3 is 12.1 Å². The van der Waals surface area contributed by atoms with E-state index in [1.54, 1.807) is 19.1 Å². The highest BCUT2D eigenvalue weighted by atomic mass is 16.5. The third kappa shape index (κ3) is 6.78. The van der Waals surface area contributed by atoms with Crippen molar-refractivity contribution in [3.63, 3.8) is 0 Å². The van der Waals surface area contributed by atoms with Gasteiger partial charge in [0.25, 0.3) is 0 Å². The predicted octanol–water partition coefficient (Wildman–Crippen LogP) is 2.29. The number of carbonyl (C=O) groups excluding carboxylic acids is 1. The number of carbonyl (C=O) groups is 2. The Morgan fingerprint density at radius 3 is 2.73 bits per heavy atom. The fraction of sp³-hybridized carbons (Fsp3) is 0.500. The van der Waals surface area contributed by atoms with Crippen molar-refractivity contribution in [3.05, 3.63) is 12.1 Å². The van der Waals surface area contributed by atoms with Crippen molar-refractivity contribution in [2.75, 3.05) is 29.5 Å². The lowest BCUT2D eigenvalue weighted by Crippen LogP contribution is -2.15. The molecular formula is C14H22N4O4. The normalized spacial score (nSPS) is 10.0. The van der Waals surface area contributed by atoms with Gasteiger partial charge in [0, 0.05) is 13.0 Å². The van der Waals surface area contributed by atoms with E-state index in [4.69, 9.17) is 15.6 Å². The number of rotatable bonds is 9. The summed E-state index contributed by atoms with van der Waals surface area (Å²) in [4.78, 5) is 25.8. The van der Waals surface area contributed by atoms with Crippen LogP contribution in [0, 0.1) is 0 Å². The second-order valence-electron chi connectivity index (χ2n) is 4.61. The number of anilines is 3. The molecule has 0 aliphatic carbocycles. The highest BCUT2D eigenvalue weighted by molar-refractivity contribution is 5.88. The lowest BCUT2D eigenvalue weighted by atomic mass is 10.2. The first-order chi connectivity index (χ1) is 10.5. The van der Waals surface area contributed by atoms with Gasteiger partial charge in [-0.1, -0.05) is 6.42 Å². The molecule has 0 saturated heterocycles. The van der Waals surface area contributed by atoms with Crippen molar-refractivity contribution in [2.45, 2.75) is 32.6 Å². The zero-order chi connectivity index (χ0) is 16.4. The van der Waals surface area contributed by atoms with Gasteiger partial charge in [-0.05, 0) is 31.9 Å². The quantitative estimate of drug-likeness (QED) is 0.515. The predicted molar refractivity (Wildman–Crippen MR) is 83.9 cm³/mol. The average Bonchev–Trinajstić information content (AvgIpc) is 2.45. The van der Waals surface area contributed by atoms with Crippen LogP contribution in [0.5, 0.6) is 0 Å². The number of ether oxygens (including phenoxy) is 1. The molecule has 1 heterocycles. The van der Waals surface area contributed by atoms with Crippen LogP contribution in [0.4, 0.5) is 22.1 Å². The zero-order valence-electron chi connectivity index (χ0n) is 12.6. The molecule has 0 unspecified atom stereocenters. The van der Waals surface area contributed by atoms with E-state index >= 15 is 0 Å². The molecule has 0 atom stereocenters. The first kappa shape index (κ1) is 17.5. The fourth-order valence-corrected chi connectivity index (χ4v) is 1.75. The first-order valence-corrected chi connectivity index (χ1v) is 7.19. The SMILES string of the molecule is CCOC(=O)Nc1ccc(NCCCCCC(=O)O)nc1N. The number of pyridine rings is 1. The Hall–Kier alpha value is -2.51. The van der Waals surface area contributed by atoms with Crippen LogP contribution in [0.1, 0.15) is 32.6 Å². The molecule has 0 bridgehead atoms. The number of aliphatic carboxylic acids is 1. The maximum Gasteiger partial charge on any atom is 0.411 e. The number of unbranched alkanes of at least 4 members (excludes halogenated alkanes) is 2. The molecule has 0 fully saturated rings. The number of carboxylic acid groups (broad SMARTS) is 1. The molecule has 8 heteroatoms. The van der Waals surface area contributed by atoms with E-state index in [-0.39, 0.29) is 18.8 Å². The second-order valence-corrected chi connectivity index (χ2v) is 4.61. The maximum absolute atomic E-state index is 11.3. The molecule has 5 N–H and O–H groups in total. The van der Waals surface area contributed by atoms with Crippen LogP contribution < -0.4 is 16.4 Å². The summed E-state index contributed by atoms with van der Waals surface area (Å²) in [6.45, 7) is 2.67. The Morgan fingerprint density at radius 1 is 1.32 bits per heavy atom. The molecule has 122 valence electrons. The summed E-state index contributed by atoms with van der Waals surface area (Å²) < 4.78 is 4.76. The molecule has 0 saturated carbocycles. The molecule has 0 aromatic carbocycles. The smallest absolute Gasteiger partial charge is 0.411 e. The van der Waals surface area contributed by atoms with Gasteiger partial charge in [0.05, 0.1) is 12.3 Å². The summed E-state index contributed by atoms with van der Waals surface area (Å²) in [7, 11) is 0. The van der Waals surface area contributed by atoms with E-state index in [1.165, 1.54) is 0 Å². The van der Waals surface area contributed by atoms with E-state index in [0.29, 0.717) is 24.5 Å². The Balaban J connectivity index is 2.35. The van der Waals surface area contributed by atoms with Crippen LogP contribution in [0.2, 0.25) is 0 Å². The van der Waals surface area contributed by atoms with Gasteiger partial charge < -0.3 is 20.9 Å². The van der Waals surface area contributed by atoms with Gasteiger partial charge in [-0.3, -0.25) is 10.1 Å². The molecule has 0 spiro atoms. The molecule has 1 rings (SSSR count). The molecular weight excluding hydrogens is 288 g/mol. The molecule has 0 radical (unpaired) electrons. The number of nitrogens with two attached hydrogens (primary N) is 1. The Morgan fingerprint density at radius 2 is 2.09 bits per heavy atom. The number of hydrogen-bond donors (Lipinski definition) is 4. The lowest BCUT2D eigenvalue weighted by Gasteiger charge is -2.10. The van der Waals surface area contributed by atoms with Gasteiger partial charge in [-0.25, -0.2) is 9.78 Å². The monoisotopic (exact) mass is 310 g/mol. The Bertz CT molecular complexity index is 508. The highest BCUT2D eigenvalue weighted by Crippen LogP contribution is 2.18. The van der Waals surface area contributed by atoms with E-state index in [2.05, 4.69) is 15.6 Å². The molecule has 1 amide bonds. The number of amides is 1. The summed E-state index contributed by atoms with van der Waals surface area (Å²) >= 11 is 0. The number of aromatic nitrogens is 1. The number of hydrogen-bond acceptors (Lipinski definition) is 6. The third-order valence-corrected chi connectivity index (χ3v) is 2.81. The van der Waals surface area contributed by atoms with Crippen molar-refractivity contribution in [2.24, 2.45) is 0 Å². The summed E-state index contributed by atoms with van der Waals surface area (Å²) in [5.41, 5.74) is 6.16. The van der Waals surface area contributed by atoms with E-state index in [9.17, 15) is 9.59 Å². The molecule has 1 aromatic heterocycles. The van der Waals surface area contributed by atoms with E-state index < -0.39 is 12.1 Å². The van der Waals surface area contributed by atoms with Crippen LogP contribution in [0.25, 0.3) is 0 Å². The standard InChI is InChI=1S/C14H22N4O4/c1-2-22-14(21)17-10-7-8-11(18-13(10)15)16-9-5-3-4-6-12(19)20/h7-8H,2-6,9H2,1H3,(H,17,21)(H,19,20)(H3,15,16,18). The van der Waals surface area contributed by atoms with E-state index in [0.717, 1.165) is 12.8 Å². The van der Waals surface area contributed by atoms with Crippen molar-refractivity contribution in [3.8, 4) is 0 Å². The molecule has 22 heavy (non-hydrogen) atoms. The fourth-order valence-electron chi connectivity index (χ4n) is 1.75. The second kappa shape index (κ2) is 9.43.